The molecule has 1 unspecified atom stereocenters. The standard InChI is InChI=1S/C12H15BrO6/c1-17-9-4-3-7(12(18-2)11(9)13)8(14)5-19-6-10(15)16/h3-4,8,14H,5-6H2,1-2H3,(H,15,16). The van der Waals surface area contributed by atoms with E-state index in [-0.39, 0.29) is 6.61 Å². The maximum absolute atomic E-state index is 10.3. The number of hydrogen-bond donors (Lipinski definition) is 2. The van der Waals surface area contributed by atoms with Crippen molar-refractivity contribution in [3.8, 4) is 11.5 Å². The number of rotatable bonds is 7. The molecule has 6 nitrogen and oxygen atoms in total. The maximum Gasteiger partial charge on any atom is 0.329 e. The molecule has 19 heavy (non-hydrogen) atoms. The molecule has 0 spiro atoms. The van der Waals surface area contributed by atoms with Crippen LogP contribution in [-0.2, 0) is 9.53 Å². The SMILES string of the molecule is COc1ccc(C(O)COCC(=O)O)c(OC)c1Br. The lowest BCUT2D eigenvalue weighted by atomic mass is 10.1. The third-order valence-electron chi connectivity index (χ3n) is 2.38. The van der Waals surface area contributed by atoms with Gasteiger partial charge in [0.1, 0.15) is 28.7 Å². The molecule has 0 aromatic heterocycles. The molecule has 0 radical (unpaired) electrons. The van der Waals surface area contributed by atoms with Gasteiger partial charge < -0.3 is 24.4 Å². The van der Waals surface area contributed by atoms with Crippen LogP contribution >= 0.6 is 15.9 Å². The van der Waals surface area contributed by atoms with Gasteiger partial charge >= 0.3 is 5.97 Å². The largest absolute Gasteiger partial charge is 0.495 e. The lowest BCUT2D eigenvalue weighted by Crippen LogP contribution is -2.14. The number of halogens is 1. The Balaban J connectivity index is 2.87. The molecule has 0 heterocycles. The van der Waals surface area contributed by atoms with Crippen LogP contribution in [-0.4, -0.2) is 43.6 Å². The first kappa shape index (κ1) is 15.7. The number of aliphatic hydroxyl groups is 1. The van der Waals surface area contributed by atoms with Crippen LogP contribution in [0.1, 0.15) is 11.7 Å². The summed E-state index contributed by atoms with van der Waals surface area (Å²) >= 11 is 3.32. The Kier molecular flexibility index (Phi) is 6.07. The molecule has 106 valence electrons. The van der Waals surface area contributed by atoms with Gasteiger partial charge in [-0.2, -0.15) is 0 Å². The van der Waals surface area contributed by atoms with Gasteiger partial charge in [0.05, 0.1) is 20.8 Å². The summed E-state index contributed by atoms with van der Waals surface area (Å²) in [7, 11) is 2.99. The molecule has 0 amide bonds. The molecule has 0 saturated carbocycles. The van der Waals surface area contributed by atoms with Crippen molar-refractivity contribution < 1.29 is 29.2 Å². The van der Waals surface area contributed by atoms with E-state index in [1.165, 1.54) is 14.2 Å². The minimum Gasteiger partial charge on any atom is -0.495 e. The number of benzene rings is 1. The molecule has 0 aliphatic carbocycles. The quantitative estimate of drug-likeness (QED) is 0.787. The van der Waals surface area contributed by atoms with Gasteiger partial charge in [0, 0.05) is 5.56 Å². The van der Waals surface area contributed by atoms with Crippen molar-refractivity contribution in [3.63, 3.8) is 0 Å². The van der Waals surface area contributed by atoms with E-state index in [4.69, 9.17) is 19.3 Å². The monoisotopic (exact) mass is 334 g/mol. The Morgan fingerprint density at radius 2 is 2.05 bits per heavy atom. The number of hydrogen-bond acceptors (Lipinski definition) is 5. The van der Waals surface area contributed by atoms with E-state index >= 15 is 0 Å². The molecule has 0 saturated heterocycles. The zero-order valence-electron chi connectivity index (χ0n) is 10.6. The second-order valence-corrected chi connectivity index (χ2v) is 4.42. The summed E-state index contributed by atoms with van der Waals surface area (Å²) in [6.07, 6.45) is -0.989. The molecular formula is C12H15BrO6. The summed E-state index contributed by atoms with van der Waals surface area (Å²) < 4.78 is 15.8. The van der Waals surface area contributed by atoms with Gasteiger partial charge in [0.15, 0.2) is 0 Å². The average Bonchev–Trinajstić information content (AvgIpc) is 2.37. The smallest absolute Gasteiger partial charge is 0.329 e. The van der Waals surface area contributed by atoms with Crippen LogP contribution < -0.4 is 9.47 Å². The van der Waals surface area contributed by atoms with Crippen molar-refractivity contribution in [1.82, 2.24) is 0 Å². The predicted molar refractivity (Wildman–Crippen MR) is 70.7 cm³/mol. The Labute approximate surface area is 119 Å². The Morgan fingerprint density at radius 1 is 1.37 bits per heavy atom. The number of carbonyl (C=O) groups is 1. The third-order valence-corrected chi connectivity index (χ3v) is 3.13. The van der Waals surface area contributed by atoms with E-state index in [1.54, 1.807) is 12.1 Å². The second kappa shape index (κ2) is 7.32. The van der Waals surface area contributed by atoms with E-state index in [1.807, 2.05) is 0 Å². The van der Waals surface area contributed by atoms with Gasteiger partial charge in [0.2, 0.25) is 0 Å². The van der Waals surface area contributed by atoms with Crippen molar-refractivity contribution in [1.29, 1.82) is 0 Å². The predicted octanol–water partition coefficient (Wildman–Crippen LogP) is 1.60. The van der Waals surface area contributed by atoms with Gasteiger partial charge in [-0.1, -0.05) is 0 Å². The minimum absolute atomic E-state index is 0.137. The van der Waals surface area contributed by atoms with E-state index < -0.39 is 18.7 Å². The van der Waals surface area contributed by atoms with Crippen molar-refractivity contribution in [2.45, 2.75) is 6.10 Å². The lowest BCUT2D eigenvalue weighted by molar-refractivity contribution is -0.143. The summed E-state index contributed by atoms with van der Waals surface area (Å²) in [5, 5.41) is 18.4. The zero-order chi connectivity index (χ0) is 14.4. The molecule has 0 bridgehead atoms. The highest BCUT2D eigenvalue weighted by atomic mass is 79.9. The van der Waals surface area contributed by atoms with Crippen molar-refractivity contribution >= 4 is 21.9 Å². The van der Waals surface area contributed by atoms with Crippen LogP contribution in [0.5, 0.6) is 11.5 Å². The number of aliphatic hydroxyl groups excluding tert-OH is 1. The van der Waals surface area contributed by atoms with E-state index in [9.17, 15) is 9.90 Å². The van der Waals surface area contributed by atoms with E-state index in [0.29, 0.717) is 21.5 Å². The average molecular weight is 335 g/mol. The molecular weight excluding hydrogens is 320 g/mol. The minimum atomic E-state index is -1.09. The van der Waals surface area contributed by atoms with Crippen molar-refractivity contribution in [2.75, 3.05) is 27.4 Å². The maximum atomic E-state index is 10.3. The van der Waals surface area contributed by atoms with Gasteiger partial charge in [-0.3, -0.25) is 0 Å². The van der Waals surface area contributed by atoms with Crippen LogP contribution in [0.2, 0.25) is 0 Å². The highest BCUT2D eigenvalue weighted by Crippen LogP contribution is 2.39. The molecule has 1 atom stereocenters. The fourth-order valence-corrected chi connectivity index (χ4v) is 2.21. The topological polar surface area (TPSA) is 85.2 Å². The number of methoxy groups -OCH3 is 2. The molecule has 1 aromatic carbocycles. The van der Waals surface area contributed by atoms with Crippen LogP contribution in [0.15, 0.2) is 16.6 Å². The first-order chi connectivity index (χ1) is 9.01. The first-order valence-electron chi connectivity index (χ1n) is 5.39. The van der Waals surface area contributed by atoms with Gasteiger partial charge in [0.25, 0.3) is 0 Å². The van der Waals surface area contributed by atoms with Crippen LogP contribution in [0, 0.1) is 0 Å². The summed E-state index contributed by atoms with van der Waals surface area (Å²) in [6, 6.07) is 3.31. The molecule has 0 fully saturated rings. The van der Waals surface area contributed by atoms with Crippen molar-refractivity contribution in [3.05, 3.63) is 22.2 Å². The van der Waals surface area contributed by atoms with Gasteiger partial charge in [-0.05, 0) is 28.1 Å². The molecule has 1 aromatic rings. The molecule has 2 N–H and O–H groups in total. The molecule has 1 rings (SSSR count). The summed E-state index contributed by atoms with van der Waals surface area (Å²) in [5.41, 5.74) is 0.487. The fourth-order valence-electron chi connectivity index (χ4n) is 1.53. The Hall–Kier alpha value is -1.31. The normalized spacial score (nSPS) is 12.0. The number of ether oxygens (including phenoxy) is 3. The lowest BCUT2D eigenvalue weighted by Gasteiger charge is -2.17. The third kappa shape index (κ3) is 4.09. The highest BCUT2D eigenvalue weighted by molar-refractivity contribution is 9.10. The first-order valence-corrected chi connectivity index (χ1v) is 6.18. The summed E-state index contributed by atoms with van der Waals surface area (Å²) in [5.74, 6) is -0.0971. The Bertz CT molecular complexity index is 448. The summed E-state index contributed by atoms with van der Waals surface area (Å²) in [6.45, 7) is -0.599. The van der Waals surface area contributed by atoms with Crippen LogP contribution in [0.25, 0.3) is 0 Å². The second-order valence-electron chi connectivity index (χ2n) is 3.63. The number of carboxylic acid groups (broad SMARTS) is 1. The number of aliphatic carboxylic acids is 1. The van der Waals surface area contributed by atoms with Crippen molar-refractivity contribution in [2.24, 2.45) is 0 Å². The molecule has 7 heteroatoms. The van der Waals surface area contributed by atoms with Gasteiger partial charge in [-0.25, -0.2) is 4.79 Å². The van der Waals surface area contributed by atoms with E-state index in [2.05, 4.69) is 15.9 Å². The molecule has 0 aliphatic heterocycles. The molecule has 0 aliphatic rings. The van der Waals surface area contributed by atoms with Gasteiger partial charge in [-0.15, -0.1) is 0 Å². The van der Waals surface area contributed by atoms with E-state index in [0.717, 1.165) is 0 Å². The van der Waals surface area contributed by atoms with Crippen LogP contribution in [0.4, 0.5) is 0 Å². The Morgan fingerprint density at radius 3 is 2.58 bits per heavy atom. The van der Waals surface area contributed by atoms with Crippen LogP contribution in [0.3, 0.4) is 0 Å². The summed E-state index contributed by atoms with van der Waals surface area (Å²) in [4.78, 5) is 10.3. The highest BCUT2D eigenvalue weighted by Gasteiger charge is 2.19. The zero-order valence-corrected chi connectivity index (χ0v) is 12.1. The fraction of sp³-hybridized carbons (Fsp3) is 0.417. The number of carboxylic acids is 1.